The van der Waals surface area contributed by atoms with E-state index in [4.69, 9.17) is 14.7 Å². The molecule has 4 heteroatoms. The van der Waals surface area contributed by atoms with Crippen molar-refractivity contribution in [3.05, 3.63) is 12.2 Å². The molecule has 1 fully saturated rings. The molecule has 0 aromatic rings. The van der Waals surface area contributed by atoms with Crippen LogP contribution in [0.25, 0.3) is 0 Å². The third-order valence-corrected chi connectivity index (χ3v) is 2.91. The summed E-state index contributed by atoms with van der Waals surface area (Å²) in [6.45, 7) is 5.97. The smallest absolute Gasteiger partial charge is 0.335 e. The van der Waals surface area contributed by atoms with Gasteiger partial charge in [-0.1, -0.05) is 6.58 Å². The number of hydrogen-bond donors (Lipinski definition) is 0. The molecular formula is C13H19NO3. The first-order chi connectivity index (χ1) is 8.17. The quantitative estimate of drug-likeness (QED) is 0.543. The van der Waals surface area contributed by atoms with Crippen LogP contribution in [0.15, 0.2) is 12.2 Å². The number of nitriles is 1. The normalized spacial score (nSPS) is 23.8. The van der Waals surface area contributed by atoms with Gasteiger partial charge in [-0.2, -0.15) is 5.26 Å². The first-order valence-electron chi connectivity index (χ1n) is 6.03. The molecule has 1 aliphatic rings. The maximum Gasteiger partial charge on any atom is 0.335 e. The van der Waals surface area contributed by atoms with Gasteiger partial charge in [-0.3, -0.25) is 0 Å². The van der Waals surface area contributed by atoms with Gasteiger partial charge < -0.3 is 9.47 Å². The van der Waals surface area contributed by atoms with Crippen molar-refractivity contribution in [3.63, 3.8) is 0 Å². The van der Waals surface area contributed by atoms with Crippen molar-refractivity contribution in [1.29, 1.82) is 5.26 Å². The number of carbonyl (C=O) groups is 1. The molecule has 94 valence electrons. The summed E-state index contributed by atoms with van der Waals surface area (Å²) < 4.78 is 10.4. The Bertz CT molecular complexity index is 311. The molecule has 0 aromatic carbocycles. The van der Waals surface area contributed by atoms with Gasteiger partial charge >= 0.3 is 5.97 Å². The average Bonchev–Trinajstić information content (AvgIpc) is 2.36. The van der Waals surface area contributed by atoms with Gasteiger partial charge in [0.1, 0.15) is 0 Å². The Labute approximate surface area is 102 Å². The number of nitrogens with zero attached hydrogens (tertiary/aromatic N) is 1. The second-order valence-electron chi connectivity index (χ2n) is 4.24. The lowest BCUT2D eigenvalue weighted by atomic mass is 9.88. The van der Waals surface area contributed by atoms with Crippen molar-refractivity contribution in [2.45, 2.75) is 38.7 Å². The maximum absolute atomic E-state index is 11.3. The Balaban J connectivity index is 2.21. The van der Waals surface area contributed by atoms with Crippen LogP contribution in [-0.2, 0) is 14.3 Å². The lowest BCUT2D eigenvalue weighted by Crippen LogP contribution is -2.23. The van der Waals surface area contributed by atoms with Gasteiger partial charge in [-0.05, 0) is 32.6 Å². The predicted molar refractivity (Wildman–Crippen MR) is 63.1 cm³/mol. The summed E-state index contributed by atoms with van der Waals surface area (Å²) in [6, 6.07) is 2.28. The molecule has 0 aliphatic heterocycles. The molecule has 0 aromatic heterocycles. The third kappa shape index (κ3) is 4.58. The minimum Gasteiger partial charge on any atom is -0.463 e. The van der Waals surface area contributed by atoms with E-state index < -0.39 is 5.97 Å². The molecule has 0 atom stereocenters. The van der Waals surface area contributed by atoms with Gasteiger partial charge in [0.05, 0.1) is 31.0 Å². The summed E-state index contributed by atoms with van der Waals surface area (Å²) in [4.78, 5) is 11.3. The maximum atomic E-state index is 11.3. The van der Waals surface area contributed by atoms with E-state index in [1.165, 1.54) is 0 Å². The van der Waals surface area contributed by atoms with E-state index in [1.54, 1.807) is 6.92 Å². The number of carbonyl (C=O) groups excluding carboxylic acids is 1. The minimum atomic E-state index is -0.391. The average molecular weight is 237 g/mol. The molecule has 0 saturated heterocycles. The predicted octanol–water partition coefficient (Wildman–Crippen LogP) is 2.20. The van der Waals surface area contributed by atoms with Crippen LogP contribution in [0.1, 0.15) is 32.6 Å². The van der Waals surface area contributed by atoms with Crippen LogP contribution in [0.4, 0.5) is 0 Å². The van der Waals surface area contributed by atoms with E-state index in [2.05, 4.69) is 12.6 Å². The van der Waals surface area contributed by atoms with Gasteiger partial charge in [0, 0.05) is 5.92 Å². The summed E-state index contributed by atoms with van der Waals surface area (Å²) in [5.74, 6) is -0.221. The highest BCUT2D eigenvalue weighted by Crippen LogP contribution is 2.25. The molecule has 0 radical (unpaired) electrons. The minimum absolute atomic E-state index is 0.144. The fraction of sp³-hybridized carbons (Fsp3) is 0.692. The fourth-order valence-electron chi connectivity index (χ4n) is 1.87. The van der Waals surface area contributed by atoms with E-state index in [9.17, 15) is 4.79 Å². The third-order valence-electron chi connectivity index (χ3n) is 2.91. The largest absolute Gasteiger partial charge is 0.463 e. The molecule has 0 spiro atoms. The van der Waals surface area contributed by atoms with Crippen LogP contribution in [-0.4, -0.2) is 25.3 Å². The number of esters is 1. The highest BCUT2D eigenvalue weighted by atomic mass is 16.5. The first kappa shape index (κ1) is 13.7. The zero-order valence-corrected chi connectivity index (χ0v) is 10.3. The summed E-state index contributed by atoms with van der Waals surface area (Å²) in [5.41, 5.74) is 0.356. The van der Waals surface area contributed by atoms with Crippen molar-refractivity contribution >= 4 is 5.97 Å². The lowest BCUT2D eigenvalue weighted by molar-refractivity contribution is -0.139. The van der Waals surface area contributed by atoms with Crippen molar-refractivity contribution in [2.75, 3.05) is 13.2 Å². The van der Waals surface area contributed by atoms with Gasteiger partial charge in [0.15, 0.2) is 0 Å². The summed E-state index contributed by atoms with van der Waals surface area (Å²) in [7, 11) is 0. The van der Waals surface area contributed by atoms with E-state index in [1.807, 2.05) is 0 Å². The number of hydrogen-bond acceptors (Lipinski definition) is 4. The van der Waals surface area contributed by atoms with Crippen molar-refractivity contribution in [1.82, 2.24) is 0 Å². The monoisotopic (exact) mass is 237 g/mol. The Kier molecular flexibility index (Phi) is 5.71. The molecule has 1 aliphatic carbocycles. The molecular weight excluding hydrogens is 218 g/mol. The second-order valence-corrected chi connectivity index (χ2v) is 4.24. The molecule has 0 heterocycles. The van der Waals surface area contributed by atoms with E-state index in [-0.39, 0.29) is 18.6 Å². The topological polar surface area (TPSA) is 59.3 Å². The SMILES string of the molecule is C=C(COC1CCC(C#N)CC1)C(=O)OCC. The zero-order valence-electron chi connectivity index (χ0n) is 10.3. The van der Waals surface area contributed by atoms with Crippen molar-refractivity contribution < 1.29 is 14.3 Å². The molecule has 4 nitrogen and oxygen atoms in total. The number of rotatable bonds is 5. The Hall–Kier alpha value is -1.34. The van der Waals surface area contributed by atoms with Crippen molar-refractivity contribution in [3.8, 4) is 6.07 Å². The molecule has 1 rings (SSSR count). The fourth-order valence-corrected chi connectivity index (χ4v) is 1.87. The summed E-state index contributed by atoms with van der Waals surface area (Å²) in [5, 5.41) is 8.76. The molecule has 1 saturated carbocycles. The van der Waals surface area contributed by atoms with Gasteiger partial charge in [0.25, 0.3) is 0 Å². The van der Waals surface area contributed by atoms with Crippen LogP contribution < -0.4 is 0 Å². The first-order valence-corrected chi connectivity index (χ1v) is 6.03. The lowest BCUT2D eigenvalue weighted by Gasteiger charge is -2.25. The van der Waals surface area contributed by atoms with Crippen LogP contribution >= 0.6 is 0 Å². The molecule has 0 bridgehead atoms. The van der Waals surface area contributed by atoms with Gasteiger partial charge in [-0.25, -0.2) is 4.79 Å². The second kappa shape index (κ2) is 7.08. The molecule has 0 unspecified atom stereocenters. The van der Waals surface area contributed by atoms with E-state index in [0.717, 1.165) is 25.7 Å². The Morgan fingerprint density at radius 3 is 2.59 bits per heavy atom. The number of ether oxygens (including phenoxy) is 2. The molecule has 0 N–H and O–H groups in total. The zero-order chi connectivity index (χ0) is 12.7. The van der Waals surface area contributed by atoms with E-state index >= 15 is 0 Å². The van der Waals surface area contributed by atoms with Gasteiger partial charge in [0.2, 0.25) is 0 Å². The van der Waals surface area contributed by atoms with Crippen LogP contribution in [0.3, 0.4) is 0 Å². The van der Waals surface area contributed by atoms with Crippen LogP contribution in [0.5, 0.6) is 0 Å². The van der Waals surface area contributed by atoms with Gasteiger partial charge in [-0.15, -0.1) is 0 Å². The Morgan fingerprint density at radius 2 is 2.06 bits per heavy atom. The van der Waals surface area contributed by atoms with E-state index in [0.29, 0.717) is 12.2 Å². The Morgan fingerprint density at radius 1 is 1.41 bits per heavy atom. The van der Waals surface area contributed by atoms with Crippen LogP contribution in [0, 0.1) is 17.2 Å². The van der Waals surface area contributed by atoms with Crippen LogP contribution in [0.2, 0.25) is 0 Å². The molecule has 0 amide bonds. The summed E-state index contributed by atoms with van der Waals surface area (Å²) in [6.07, 6.45) is 3.67. The highest BCUT2D eigenvalue weighted by molar-refractivity contribution is 5.87. The molecule has 17 heavy (non-hydrogen) atoms. The standard InChI is InChI=1S/C13H19NO3/c1-3-16-13(15)10(2)9-17-12-6-4-11(8-14)5-7-12/h11-12H,2-7,9H2,1H3. The highest BCUT2D eigenvalue weighted by Gasteiger charge is 2.22. The summed E-state index contributed by atoms with van der Waals surface area (Å²) >= 11 is 0. The van der Waals surface area contributed by atoms with Crippen molar-refractivity contribution in [2.24, 2.45) is 5.92 Å².